The number of halogens is 1. The van der Waals surface area contributed by atoms with Gasteiger partial charge in [-0.15, -0.1) is 0 Å². The van der Waals surface area contributed by atoms with Crippen molar-refractivity contribution in [1.29, 1.82) is 0 Å². The molecule has 0 saturated carbocycles. The summed E-state index contributed by atoms with van der Waals surface area (Å²) in [7, 11) is 0.366. The van der Waals surface area contributed by atoms with Gasteiger partial charge < -0.3 is 15.0 Å². The van der Waals surface area contributed by atoms with E-state index in [1.54, 1.807) is 24.3 Å². The van der Waals surface area contributed by atoms with Gasteiger partial charge in [-0.1, -0.05) is 17.7 Å². The number of aryl methyl sites for hydroxylation is 2. The number of ether oxygens (including phenoxy) is 1. The molecule has 10 heteroatoms. The number of benzene rings is 2. The molecule has 0 bridgehead atoms. The Morgan fingerprint density at radius 1 is 1.03 bits per heavy atom. The first-order chi connectivity index (χ1) is 14.4. The van der Waals surface area contributed by atoms with Crippen LogP contribution in [0.25, 0.3) is 0 Å². The SMILES string of the molecule is COc1ccc(Cl)cc1NC(=O)CN(C)C(=O)CN(C)S(=O)(=O)c1ccc(C)c(C)c1. The summed E-state index contributed by atoms with van der Waals surface area (Å²) in [5.41, 5.74) is 2.18. The molecular weight excluding hydrogens is 442 g/mol. The summed E-state index contributed by atoms with van der Waals surface area (Å²) >= 11 is 5.95. The number of nitrogens with one attached hydrogen (secondary N) is 1. The van der Waals surface area contributed by atoms with Crippen LogP contribution in [0.5, 0.6) is 5.75 Å². The Morgan fingerprint density at radius 3 is 2.32 bits per heavy atom. The van der Waals surface area contributed by atoms with Gasteiger partial charge in [0.25, 0.3) is 0 Å². The van der Waals surface area contributed by atoms with Crippen LogP contribution in [0.3, 0.4) is 0 Å². The van der Waals surface area contributed by atoms with Crippen LogP contribution in [0.2, 0.25) is 5.02 Å². The molecular formula is C21H26ClN3O5S. The number of hydrogen-bond donors (Lipinski definition) is 1. The molecule has 0 heterocycles. The van der Waals surface area contributed by atoms with Crippen LogP contribution in [0.1, 0.15) is 11.1 Å². The van der Waals surface area contributed by atoms with Crippen LogP contribution in [0.4, 0.5) is 5.69 Å². The zero-order valence-electron chi connectivity index (χ0n) is 18.1. The zero-order valence-corrected chi connectivity index (χ0v) is 19.7. The largest absolute Gasteiger partial charge is 0.495 e. The third-order valence-corrected chi connectivity index (χ3v) is 6.82. The molecule has 0 aliphatic carbocycles. The molecule has 0 spiro atoms. The maximum absolute atomic E-state index is 12.8. The molecule has 0 aliphatic rings. The molecule has 0 atom stereocenters. The van der Waals surface area contributed by atoms with Crippen molar-refractivity contribution in [2.45, 2.75) is 18.7 Å². The minimum atomic E-state index is -3.84. The fourth-order valence-corrected chi connectivity index (χ4v) is 4.10. The monoisotopic (exact) mass is 467 g/mol. The predicted molar refractivity (Wildman–Crippen MR) is 120 cm³/mol. The standard InChI is InChI=1S/C21H26ClN3O5S/c1-14-6-8-17(10-15(14)2)31(28,29)25(4)13-21(27)24(3)12-20(26)23-18-11-16(22)7-9-19(18)30-5/h6-11H,12-13H2,1-5H3,(H,23,26). The highest BCUT2D eigenvalue weighted by Gasteiger charge is 2.25. The van der Waals surface area contributed by atoms with Crippen molar-refractivity contribution in [3.8, 4) is 5.75 Å². The molecule has 1 N–H and O–H groups in total. The molecule has 0 fully saturated rings. The molecule has 2 amide bonds. The zero-order chi connectivity index (χ0) is 23.3. The lowest BCUT2D eigenvalue weighted by Crippen LogP contribution is -2.42. The summed E-state index contributed by atoms with van der Waals surface area (Å²) < 4.78 is 31.7. The minimum Gasteiger partial charge on any atom is -0.495 e. The smallest absolute Gasteiger partial charge is 0.244 e. The summed E-state index contributed by atoms with van der Waals surface area (Å²) in [5.74, 6) is -0.579. The van der Waals surface area contributed by atoms with Crippen molar-refractivity contribution in [1.82, 2.24) is 9.21 Å². The predicted octanol–water partition coefficient (Wildman–Crippen LogP) is 2.68. The van der Waals surface area contributed by atoms with E-state index in [1.165, 1.54) is 33.3 Å². The fourth-order valence-electron chi connectivity index (χ4n) is 2.72. The van der Waals surface area contributed by atoms with E-state index >= 15 is 0 Å². The maximum atomic E-state index is 12.8. The Kier molecular flexibility index (Phi) is 8.05. The summed E-state index contributed by atoms with van der Waals surface area (Å²) in [6.07, 6.45) is 0. The van der Waals surface area contributed by atoms with Crippen molar-refractivity contribution in [3.63, 3.8) is 0 Å². The Bertz CT molecular complexity index is 1090. The van der Waals surface area contributed by atoms with Gasteiger partial charge in [0, 0.05) is 19.1 Å². The number of sulfonamides is 1. The number of hydrogen-bond acceptors (Lipinski definition) is 5. The third-order valence-electron chi connectivity index (χ3n) is 4.79. The molecule has 2 rings (SSSR count). The van der Waals surface area contributed by atoms with Crippen LogP contribution < -0.4 is 10.1 Å². The average Bonchev–Trinajstić information content (AvgIpc) is 2.69. The molecule has 31 heavy (non-hydrogen) atoms. The van der Waals surface area contributed by atoms with Crippen molar-refractivity contribution < 1.29 is 22.7 Å². The van der Waals surface area contributed by atoms with Gasteiger partial charge in [0.1, 0.15) is 5.75 Å². The van der Waals surface area contributed by atoms with Crippen molar-refractivity contribution in [2.75, 3.05) is 39.6 Å². The lowest BCUT2D eigenvalue weighted by atomic mass is 10.1. The topological polar surface area (TPSA) is 96.0 Å². The van der Waals surface area contributed by atoms with E-state index in [1.807, 2.05) is 13.8 Å². The number of carbonyl (C=O) groups excluding carboxylic acids is 2. The average molecular weight is 468 g/mol. The van der Waals surface area contributed by atoms with Crippen LogP contribution in [0.15, 0.2) is 41.3 Å². The summed E-state index contributed by atoms with van der Waals surface area (Å²) in [6, 6.07) is 9.56. The van der Waals surface area contributed by atoms with Gasteiger partial charge in [0.05, 0.1) is 30.8 Å². The van der Waals surface area contributed by atoms with Gasteiger partial charge in [0.2, 0.25) is 21.8 Å². The lowest BCUT2D eigenvalue weighted by Gasteiger charge is -2.22. The highest BCUT2D eigenvalue weighted by molar-refractivity contribution is 7.89. The van der Waals surface area contributed by atoms with Crippen LogP contribution in [0, 0.1) is 13.8 Å². The Hall–Kier alpha value is -2.62. The van der Waals surface area contributed by atoms with Gasteiger partial charge in [0.15, 0.2) is 0 Å². The molecule has 2 aromatic carbocycles. The van der Waals surface area contributed by atoms with E-state index in [9.17, 15) is 18.0 Å². The first-order valence-electron chi connectivity index (χ1n) is 9.36. The maximum Gasteiger partial charge on any atom is 0.244 e. The quantitative estimate of drug-likeness (QED) is 0.643. The molecule has 0 aromatic heterocycles. The summed E-state index contributed by atoms with van der Waals surface area (Å²) in [5, 5.41) is 3.05. The van der Waals surface area contributed by atoms with Crippen LogP contribution in [-0.4, -0.2) is 63.7 Å². The number of rotatable bonds is 8. The Morgan fingerprint density at radius 2 is 1.71 bits per heavy atom. The van der Waals surface area contributed by atoms with Gasteiger partial charge in [-0.05, 0) is 55.3 Å². The highest BCUT2D eigenvalue weighted by Crippen LogP contribution is 2.27. The van der Waals surface area contributed by atoms with Crippen molar-refractivity contribution in [3.05, 3.63) is 52.5 Å². The van der Waals surface area contributed by atoms with E-state index in [0.29, 0.717) is 16.5 Å². The Balaban J connectivity index is 2.02. The Labute approximate surface area is 187 Å². The number of carbonyl (C=O) groups is 2. The molecule has 0 unspecified atom stereocenters. The first-order valence-corrected chi connectivity index (χ1v) is 11.2. The van der Waals surface area contributed by atoms with Gasteiger partial charge in [-0.3, -0.25) is 9.59 Å². The number of nitrogens with zero attached hydrogens (tertiary/aromatic N) is 2. The molecule has 168 valence electrons. The minimum absolute atomic E-state index is 0.111. The first kappa shape index (κ1) is 24.6. The number of anilines is 1. The molecule has 8 nitrogen and oxygen atoms in total. The highest BCUT2D eigenvalue weighted by atomic mass is 35.5. The number of likely N-dealkylation sites (N-methyl/N-ethyl adjacent to an activating group) is 2. The van der Waals surface area contributed by atoms with Crippen molar-refractivity contribution >= 4 is 39.1 Å². The number of methoxy groups -OCH3 is 1. The van der Waals surface area contributed by atoms with Gasteiger partial charge in [-0.2, -0.15) is 4.31 Å². The van der Waals surface area contributed by atoms with Crippen molar-refractivity contribution in [2.24, 2.45) is 0 Å². The van der Waals surface area contributed by atoms with E-state index in [-0.39, 0.29) is 11.4 Å². The summed E-state index contributed by atoms with van der Waals surface area (Å²) in [4.78, 5) is 26.1. The van der Waals surface area contributed by atoms with Crippen LogP contribution in [-0.2, 0) is 19.6 Å². The third kappa shape index (κ3) is 6.19. The second kappa shape index (κ2) is 10.1. The van der Waals surface area contributed by atoms with Crippen LogP contribution >= 0.6 is 11.6 Å². The van der Waals surface area contributed by atoms with E-state index in [4.69, 9.17) is 16.3 Å². The van der Waals surface area contributed by atoms with Gasteiger partial charge in [-0.25, -0.2) is 8.42 Å². The van der Waals surface area contributed by atoms with E-state index in [0.717, 1.165) is 20.3 Å². The molecule has 2 aromatic rings. The van der Waals surface area contributed by atoms with Gasteiger partial charge >= 0.3 is 0 Å². The van der Waals surface area contributed by atoms with E-state index < -0.39 is 28.4 Å². The molecule has 0 saturated heterocycles. The molecule has 0 aliphatic heterocycles. The summed E-state index contributed by atoms with van der Waals surface area (Å²) in [6.45, 7) is 3.03. The second-order valence-corrected chi connectivity index (χ2v) is 9.63. The lowest BCUT2D eigenvalue weighted by molar-refractivity contribution is -0.133. The second-order valence-electron chi connectivity index (χ2n) is 7.15. The van der Waals surface area contributed by atoms with E-state index in [2.05, 4.69) is 5.32 Å². The fraction of sp³-hybridized carbons (Fsp3) is 0.333. The number of amides is 2. The normalized spacial score (nSPS) is 11.3. The molecule has 0 radical (unpaired) electrons.